The minimum absolute atomic E-state index is 0.0491. The van der Waals surface area contributed by atoms with E-state index >= 15 is 0 Å². The van der Waals surface area contributed by atoms with Crippen molar-refractivity contribution in [1.82, 2.24) is 9.97 Å². The number of ether oxygens (including phenoxy) is 1. The summed E-state index contributed by atoms with van der Waals surface area (Å²) in [4.78, 5) is 11.0. The molecule has 1 spiro atoms. The van der Waals surface area contributed by atoms with Crippen molar-refractivity contribution in [3.63, 3.8) is 0 Å². The van der Waals surface area contributed by atoms with Crippen LogP contribution >= 0.6 is 0 Å². The van der Waals surface area contributed by atoms with E-state index in [1.165, 1.54) is 25.5 Å². The lowest BCUT2D eigenvalue weighted by Gasteiger charge is -2.40. The third kappa shape index (κ3) is 4.95. The number of nitrogens with one attached hydrogen (secondary N) is 2. The maximum Gasteiger partial charge on any atom is 0.135 e. The third-order valence-electron chi connectivity index (χ3n) is 7.75. The van der Waals surface area contributed by atoms with Gasteiger partial charge in [0.15, 0.2) is 0 Å². The maximum absolute atomic E-state index is 7.53. The van der Waals surface area contributed by atoms with Gasteiger partial charge >= 0.3 is 0 Å². The highest BCUT2D eigenvalue weighted by Crippen LogP contribution is 2.70. The van der Waals surface area contributed by atoms with Crippen molar-refractivity contribution in [3.8, 4) is 11.8 Å². The number of anilines is 3. The van der Waals surface area contributed by atoms with Crippen molar-refractivity contribution < 1.29 is 4.74 Å². The second kappa shape index (κ2) is 9.38. The quantitative estimate of drug-likeness (QED) is 0.445. The third-order valence-corrected chi connectivity index (χ3v) is 7.75. The van der Waals surface area contributed by atoms with Gasteiger partial charge in [0.2, 0.25) is 0 Å². The van der Waals surface area contributed by atoms with E-state index in [1.807, 2.05) is 37.3 Å². The Morgan fingerprint density at radius 3 is 2.56 bits per heavy atom. The Hall–Kier alpha value is -2.91. The molecule has 1 saturated heterocycles. The van der Waals surface area contributed by atoms with Crippen LogP contribution in [0.1, 0.15) is 58.9 Å². The van der Waals surface area contributed by atoms with E-state index in [1.54, 1.807) is 13.4 Å². The lowest BCUT2D eigenvalue weighted by Crippen LogP contribution is -2.47. The zero-order valence-electron chi connectivity index (χ0n) is 21.1. The fourth-order valence-corrected chi connectivity index (χ4v) is 4.96. The largest absolute Gasteiger partial charge is 0.376 e. The maximum atomic E-state index is 7.53. The molecule has 0 bridgehead atoms. The molecule has 2 aliphatic carbocycles. The number of rotatable bonds is 5. The molecule has 6 nitrogen and oxygen atoms in total. The van der Waals surface area contributed by atoms with E-state index < -0.39 is 0 Å². The van der Waals surface area contributed by atoms with Crippen LogP contribution in [0.25, 0.3) is 0 Å². The Kier molecular flexibility index (Phi) is 6.69. The number of methoxy groups -OCH3 is 1. The molecule has 2 atom stereocenters. The molecule has 5 rings (SSSR count). The van der Waals surface area contributed by atoms with Gasteiger partial charge < -0.3 is 20.4 Å². The molecule has 3 fully saturated rings. The molecule has 1 aliphatic heterocycles. The standard InChI is InChI=1S/C20H27N5O.C8H10/c1-19(2,3)20(26-4)9-10-25(13-20)18-11-17(22-14-23-18)24-16-8-6-5-7-15(16)12-21;1-2-3-7-6-8(7)4-5-8/h5-8,11-12,14,21H,9-10,13H2,1-4H3,(H,22,23,24);7H,4-6H2,1H3. The highest BCUT2D eigenvalue weighted by molar-refractivity contribution is 5.87. The molecule has 1 aromatic carbocycles. The second-order valence-electron chi connectivity index (χ2n) is 10.8. The van der Waals surface area contributed by atoms with Gasteiger partial charge in [0.25, 0.3) is 0 Å². The van der Waals surface area contributed by atoms with Gasteiger partial charge in [-0.25, -0.2) is 9.97 Å². The Morgan fingerprint density at radius 1 is 1.21 bits per heavy atom. The van der Waals surface area contributed by atoms with Crippen LogP contribution in [0.4, 0.5) is 17.3 Å². The summed E-state index contributed by atoms with van der Waals surface area (Å²) >= 11 is 0. The predicted molar refractivity (Wildman–Crippen MR) is 139 cm³/mol. The lowest BCUT2D eigenvalue weighted by molar-refractivity contribution is -0.0743. The Balaban J connectivity index is 0.000000285. The average molecular weight is 460 g/mol. The number of benzene rings is 1. The molecular weight excluding hydrogens is 422 g/mol. The van der Waals surface area contributed by atoms with Gasteiger partial charge in [-0.05, 0) is 49.5 Å². The minimum Gasteiger partial charge on any atom is -0.376 e. The van der Waals surface area contributed by atoms with Crippen LogP contribution in [0.2, 0.25) is 0 Å². The SMILES string of the molecule is CC#CC1CC12CC2.COC1(C(C)(C)C)CCN(c2cc(Nc3ccccc3C=N)ncn2)C1. The first-order chi connectivity index (χ1) is 16.3. The van der Waals surface area contributed by atoms with Crippen LogP contribution in [0, 0.1) is 34.0 Å². The van der Waals surface area contributed by atoms with Gasteiger partial charge in [0.1, 0.15) is 18.0 Å². The van der Waals surface area contributed by atoms with Gasteiger partial charge in [0, 0.05) is 49.6 Å². The fourth-order valence-electron chi connectivity index (χ4n) is 4.96. The average Bonchev–Trinajstić information content (AvgIpc) is 3.69. The van der Waals surface area contributed by atoms with Crippen LogP contribution < -0.4 is 10.2 Å². The smallest absolute Gasteiger partial charge is 0.135 e. The van der Waals surface area contributed by atoms with Crippen LogP contribution in [0.5, 0.6) is 0 Å². The van der Waals surface area contributed by atoms with Crippen LogP contribution in [-0.2, 0) is 4.74 Å². The van der Waals surface area contributed by atoms with Crippen LogP contribution in [0.15, 0.2) is 36.7 Å². The second-order valence-corrected chi connectivity index (χ2v) is 10.8. The molecule has 2 aromatic rings. The highest BCUT2D eigenvalue weighted by atomic mass is 16.5. The normalized spacial score (nSPS) is 23.9. The Labute approximate surface area is 204 Å². The van der Waals surface area contributed by atoms with Crippen LogP contribution in [0.3, 0.4) is 0 Å². The van der Waals surface area contributed by atoms with Gasteiger partial charge in [-0.1, -0.05) is 44.9 Å². The van der Waals surface area contributed by atoms with Gasteiger partial charge in [-0.15, -0.1) is 5.92 Å². The summed E-state index contributed by atoms with van der Waals surface area (Å²) in [6, 6.07) is 9.64. The molecule has 6 heteroatoms. The summed E-state index contributed by atoms with van der Waals surface area (Å²) in [5, 5.41) is 10.8. The molecule has 2 unspecified atom stereocenters. The molecular formula is C28H37N5O. The number of hydrogen-bond acceptors (Lipinski definition) is 6. The first-order valence-corrected chi connectivity index (χ1v) is 12.2. The molecule has 34 heavy (non-hydrogen) atoms. The zero-order chi connectivity index (χ0) is 24.4. The molecule has 0 amide bonds. The van der Waals surface area contributed by atoms with Gasteiger partial charge in [-0.2, -0.15) is 0 Å². The summed E-state index contributed by atoms with van der Waals surface area (Å²) in [6.07, 6.45) is 8.22. The molecule has 2 heterocycles. The number of nitrogens with zero attached hydrogens (tertiary/aromatic N) is 3. The molecule has 180 valence electrons. The lowest BCUT2D eigenvalue weighted by atomic mass is 9.75. The molecule has 2 N–H and O–H groups in total. The first-order valence-electron chi connectivity index (χ1n) is 12.2. The fraction of sp³-hybridized carbons (Fsp3) is 0.536. The van der Waals surface area contributed by atoms with E-state index in [0.717, 1.165) is 53.7 Å². The summed E-state index contributed by atoms with van der Waals surface area (Å²) in [6.45, 7) is 10.3. The van der Waals surface area contributed by atoms with E-state index in [0.29, 0.717) is 0 Å². The summed E-state index contributed by atoms with van der Waals surface area (Å²) in [5.41, 5.74) is 2.34. The monoisotopic (exact) mass is 459 g/mol. The Bertz CT molecular complexity index is 1090. The van der Waals surface area contributed by atoms with E-state index in [9.17, 15) is 0 Å². The van der Waals surface area contributed by atoms with Crippen molar-refractivity contribution in [2.75, 3.05) is 30.4 Å². The number of aromatic nitrogens is 2. The van der Waals surface area contributed by atoms with Crippen LogP contribution in [-0.4, -0.2) is 42.0 Å². The van der Waals surface area contributed by atoms with E-state index in [2.05, 4.69) is 52.8 Å². The summed E-state index contributed by atoms with van der Waals surface area (Å²) in [7, 11) is 1.80. The molecule has 3 aliphatic rings. The number of para-hydroxylation sites is 1. The molecule has 0 radical (unpaired) electrons. The zero-order valence-corrected chi connectivity index (χ0v) is 21.1. The van der Waals surface area contributed by atoms with Crippen molar-refractivity contribution in [2.24, 2.45) is 16.7 Å². The van der Waals surface area contributed by atoms with Crippen molar-refractivity contribution in [1.29, 1.82) is 5.41 Å². The Morgan fingerprint density at radius 2 is 1.97 bits per heavy atom. The van der Waals surface area contributed by atoms with E-state index in [-0.39, 0.29) is 11.0 Å². The highest BCUT2D eigenvalue weighted by Gasteiger charge is 2.62. The first kappa shape index (κ1) is 24.2. The summed E-state index contributed by atoms with van der Waals surface area (Å²) in [5.74, 6) is 8.61. The molecule has 1 aromatic heterocycles. The van der Waals surface area contributed by atoms with E-state index in [4.69, 9.17) is 10.1 Å². The van der Waals surface area contributed by atoms with Crippen molar-refractivity contribution in [3.05, 3.63) is 42.2 Å². The predicted octanol–water partition coefficient (Wildman–Crippen LogP) is 5.67. The van der Waals surface area contributed by atoms with Crippen molar-refractivity contribution in [2.45, 2.75) is 59.0 Å². The topological polar surface area (TPSA) is 74.1 Å². The van der Waals surface area contributed by atoms with Crippen molar-refractivity contribution >= 4 is 23.5 Å². The van der Waals surface area contributed by atoms with Gasteiger partial charge in [0.05, 0.1) is 5.60 Å². The molecule has 2 saturated carbocycles. The minimum atomic E-state index is -0.182. The number of hydrogen-bond donors (Lipinski definition) is 2. The summed E-state index contributed by atoms with van der Waals surface area (Å²) < 4.78 is 5.95. The van der Waals surface area contributed by atoms with Gasteiger partial charge in [-0.3, -0.25) is 0 Å².